The molecule has 1 atom stereocenters. The second-order valence-corrected chi connectivity index (χ2v) is 9.62. The Morgan fingerprint density at radius 3 is 2.22 bits per heavy atom. The van der Waals surface area contributed by atoms with Crippen LogP contribution in [0, 0.1) is 5.41 Å². The number of carbonyl (C=O) groups is 1. The van der Waals surface area contributed by atoms with Gasteiger partial charge in [-0.25, -0.2) is 4.79 Å². The number of hydrogen-bond acceptors (Lipinski definition) is 5. The number of hydrogen-bond donors (Lipinski definition) is 1. The van der Waals surface area contributed by atoms with Crippen LogP contribution in [0.2, 0.25) is 0 Å². The molecular weight excluding hydrogens is 404 g/mol. The van der Waals surface area contributed by atoms with Gasteiger partial charge in [-0.15, -0.1) is 0 Å². The molecule has 32 heavy (non-hydrogen) atoms. The van der Waals surface area contributed by atoms with Crippen LogP contribution < -0.4 is 21.5 Å². The molecule has 0 amide bonds. The average molecular weight is 437 g/mol. The molecule has 7 heteroatoms. The van der Waals surface area contributed by atoms with E-state index in [1.807, 2.05) is 24.3 Å². The van der Waals surface area contributed by atoms with Crippen molar-refractivity contribution in [2.75, 3.05) is 23.3 Å². The Bertz CT molecular complexity index is 1230. The van der Waals surface area contributed by atoms with Crippen LogP contribution in [0.1, 0.15) is 57.6 Å². The molecule has 7 nitrogen and oxygen atoms in total. The van der Waals surface area contributed by atoms with Gasteiger partial charge in [0.25, 0.3) is 5.56 Å². The monoisotopic (exact) mass is 436 g/mol. The van der Waals surface area contributed by atoms with E-state index < -0.39 is 5.92 Å². The zero-order valence-corrected chi connectivity index (χ0v) is 19.8. The molecule has 0 fully saturated rings. The summed E-state index contributed by atoms with van der Waals surface area (Å²) in [7, 11) is 3.15. The van der Waals surface area contributed by atoms with E-state index in [4.69, 9.17) is 0 Å². The predicted octanol–water partition coefficient (Wildman–Crippen LogP) is 3.13. The van der Waals surface area contributed by atoms with Crippen molar-refractivity contribution in [3.8, 4) is 0 Å². The highest BCUT2D eigenvalue weighted by Gasteiger charge is 2.42. The lowest BCUT2D eigenvalue weighted by molar-refractivity contribution is -0.118. The van der Waals surface area contributed by atoms with Crippen LogP contribution in [0.5, 0.6) is 0 Å². The Morgan fingerprint density at radius 1 is 1.00 bits per heavy atom. The third-order valence-corrected chi connectivity index (χ3v) is 6.82. The summed E-state index contributed by atoms with van der Waals surface area (Å²) in [6.07, 6.45) is 1.12. The summed E-state index contributed by atoms with van der Waals surface area (Å²) < 4.78 is 2.60. The van der Waals surface area contributed by atoms with Gasteiger partial charge in [-0.1, -0.05) is 26.0 Å². The molecule has 0 unspecified atom stereocenters. The quantitative estimate of drug-likeness (QED) is 0.797. The molecule has 0 saturated carbocycles. The minimum absolute atomic E-state index is 0.0584. The van der Waals surface area contributed by atoms with E-state index in [-0.39, 0.29) is 22.4 Å². The first-order valence-electron chi connectivity index (χ1n) is 11.3. The molecular formula is C25H32N4O3. The molecule has 2 heterocycles. The molecule has 1 aliphatic carbocycles. The lowest BCUT2D eigenvalue weighted by Crippen LogP contribution is -2.45. The highest BCUT2D eigenvalue weighted by molar-refractivity contribution is 6.01. The summed E-state index contributed by atoms with van der Waals surface area (Å²) in [5.41, 5.74) is 2.99. The average Bonchev–Trinajstić information content (AvgIpc) is 2.75. The summed E-state index contributed by atoms with van der Waals surface area (Å²) in [5, 5.41) is 3.31. The van der Waals surface area contributed by atoms with Gasteiger partial charge in [0, 0.05) is 56.5 Å². The van der Waals surface area contributed by atoms with Crippen LogP contribution in [0.4, 0.5) is 11.5 Å². The Balaban J connectivity index is 1.97. The maximum absolute atomic E-state index is 13.4. The number of carbonyl (C=O) groups excluding carboxylic acids is 1. The molecule has 4 rings (SSSR count). The van der Waals surface area contributed by atoms with E-state index in [1.54, 1.807) is 7.05 Å². The van der Waals surface area contributed by atoms with E-state index in [0.29, 0.717) is 29.8 Å². The van der Waals surface area contributed by atoms with Gasteiger partial charge in [0.15, 0.2) is 5.78 Å². The third-order valence-electron chi connectivity index (χ3n) is 6.82. The van der Waals surface area contributed by atoms with Gasteiger partial charge in [-0.2, -0.15) is 0 Å². The molecule has 0 saturated heterocycles. The Kier molecular flexibility index (Phi) is 5.39. The van der Waals surface area contributed by atoms with E-state index in [0.717, 1.165) is 34.6 Å². The molecule has 1 N–H and O–H groups in total. The van der Waals surface area contributed by atoms with E-state index in [9.17, 15) is 14.4 Å². The predicted molar refractivity (Wildman–Crippen MR) is 127 cm³/mol. The Morgan fingerprint density at radius 2 is 1.62 bits per heavy atom. The van der Waals surface area contributed by atoms with E-state index in [1.165, 1.54) is 11.6 Å². The minimum atomic E-state index is -0.499. The van der Waals surface area contributed by atoms with Crippen LogP contribution >= 0.6 is 0 Å². The smallest absolute Gasteiger partial charge is 0.332 e. The maximum atomic E-state index is 13.4. The second kappa shape index (κ2) is 7.80. The number of nitrogens with zero attached hydrogens (tertiary/aromatic N) is 3. The number of anilines is 2. The standard InChI is InChI=1S/C25H32N4O3/c1-7-29(8-2)16-11-9-15(10-12-16)19-20-17(13-25(3,4)14-18(20)30)26-22-21(19)23(31)28(6)24(32)27(22)5/h9-12,19,26H,7-8,13-14H2,1-6H3/t19-/m0/s1. The molecule has 1 aromatic carbocycles. The van der Waals surface area contributed by atoms with Gasteiger partial charge < -0.3 is 10.2 Å². The molecule has 170 valence electrons. The largest absolute Gasteiger partial charge is 0.372 e. The number of Topliss-reactive ketones (excluding diaryl/α,β-unsaturated/α-hetero) is 1. The number of nitrogens with one attached hydrogen (secondary N) is 1. The third kappa shape index (κ3) is 3.40. The van der Waals surface area contributed by atoms with Crippen LogP contribution in [0.25, 0.3) is 0 Å². The van der Waals surface area contributed by atoms with Gasteiger partial charge in [0.05, 0.1) is 5.56 Å². The lowest BCUT2D eigenvalue weighted by atomic mass is 9.69. The topological polar surface area (TPSA) is 76.3 Å². The number of aromatic nitrogens is 2. The fraction of sp³-hybridized carbons (Fsp3) is 0.480. The fourth-order valence-corrected chi connectivity index (χ4v) is 5.15. The summed E-state index contributed by atoms with van der Waals surface area (Å²) in [6, 6.07) is 8.12. The second-order valence-electron chi connectivity index (χ2n) is 9.62. The van der Waals surface area contributed by atoms with Crippen molar-refractivity contribution in [1.82, 2.24) is 9.13 Å². The normalized spacial score (nSPS) is 19.3. The summed E-state index contributed by atoms with van der Waals surface area (Å²) >= 11 is 0. The molecule has 0 spiro atoms. The maximum Gasteiger partial charge on any atom is 0.332 e. The number of rotatable bonds is 4. The van der Waals surface area contributed by atoms with Crippen molar-refractivity contribution in [1.29, 1.82) is 0 Å². The molecule has 1 aliphatic heterocycles. The van der Waals surface area contributed by atoms with Crippen LogP contribution in [0.3, 0.4) is 0 Å². The number of benzene rings is 1. The van der Waals surface area contributed by atoms with E-state index in [2.05, 4.69) is 37.9 Å². The first-order chi connectivity index (χ1) is 15.1. The summed E-state index contributed by atoms with van der Waals surface area (Å²) in [5.74, 6) is 0.0457. The van der Waals surface area contributed by atoms with Crippen LogP contribution in [-0.4, -0.2) is 28.0 Å². The zero-order valence-electron chi connectivity index (χ0n) is 19.8. The first kappa shape index (κ1) is 22.1. The number of allylic oxidation sites excluding steroid dienone is 2. The molecule has 0 bridgehead atoms. The van der Waals surface area contributed by atoms with Crippen LogP contribution in [0.15, 0.2) is 45.1 Å². The summed E-state index contributed by atoms with van der Waals surface area (Å²) in [4.78, 5) is 41.6. The van der Waals surface area contributed by atoms with Crippen molar-refractivity contribution >= 4 is 17.3 Å². The Labute approximate surface area is 188 Å². The van der Waals surface area contributed by atoms with Crippen molar-refractivity contribution in [2.45, 2.75) is 46.5 Å². The highest BCUT2D eigenvalue weighted by Crippen LogP contribution is 2.47. The molecule has 2 aromatic rings. The highest BCUT2D eigenvalue weighted by atomic mass is 16.2. The van der Waals surface area contributed by atoms with Gasteiger partial charge in [-0.05, 0) is 43.4 Å². The number of fused-ring (bicyclic) bond motifs is 1. The molecule has 2 aliphatic rings. The first-order valence-corrected chi connectivity index (χ1v) is 11.3. The van der Waals surface area contributed by atoms with Crippen LogP contribution in [-0.2, 0) is 18.9 Å². The fourth-order valence-electron chi connectivity index (χ4n) is 5.15. The SMILES string of the molecule is CCN(CC)c1ccc([C@H]2C3=C(CC(C)(C)CC3=O)Nc3c2c(=O)n(C)c(=O)n3C)cc1. The van der Waals surface area contributed by atoms with Crippen molar-refractivity contribution < 1.29 is 4.79 Å². The van der Waals surface area contributed by atoms with Gasteiger partial charge in [0.2, 0.25) is 0 Å². The van der Waals surface area contributed by atoms with Crippen molar-refractivity contribution in [2.24, 2.45) is 19.5 Å². The molecule has 1 aromatic heterocycles. The van der Waals surface area contributed by atoms with Crippen molar-refractivity contribution in [3.63, 3.8) is 0 Å². The minimum Gasteiger partial charge on any atom is -0.372 e. The van der Waals surface area contributed by atoms with E-state index >= 15 is 0 Å². The molecule has 0 radical (unpaired) electrons. The van der Waals surface area contributed by atoms with Gasteiger partial charge in [-0.3, -0.25) is 18.7 Å². The van der Waals surface area contributed by atoms with Gasteiger partial charge >= 0.3 is 5.69 Å². The Hall–Kier alpha value is -3.09. The number of ketones is 1. The lowest BCUT2D eigenvalue weighted by Gasteiger charge is -2.39. The zero-order chi connectivity index (χ0) is 23.4. The summed E-state index contributed by atoms with van der Waals surface area (Å²) in [6.45, 7) is 10.2. The van der Waals surface area contributed by atoms with Crippen molar-refractivity contribution in [3.05, 3.63) is 67.5 Å². The van der Waals surface area contributed by atoms with Gasteiger partial charge in [0.1, 0.15) is 5.82 Å².